The molecule has 1 heterocycles. The number of hydrogen-bond donors (Lipinski definition) is 1. The van der Waals surface area contributed by atoms with E-state index in [0.717, 1.165) is 6.20 Å². The highest BCUT2D eigenvalue weighted by atomic mass is 19.3. The van der Waals surface area contributed by atoms with Crippen molar-refractivity contribution < 1.29 is 23.4 Å². The number of aromatic nitrogens is 1. The molecule has 0 unspecified atom stereocenters. The van der Waals surface area contributed by atoms with Crippen molar-refractivity contribution in [2.75, 3.05) is 14.2 Å². The molecule has 15 heavy (non-hydrogen) atoms. The van der Waals surface area contributed by atoms with Crippen molar-refractivity contribution in [2.24, 2.45) is 0 Å². The van der Waals surface area contributed by atoms with Crippen molar-refractivity contribution in [3.8, 4) is 11.6 Å². The van der Waals surface area contributed by atoms with E-state index in [9.17, 15) is 8.78 Å². The lowest BCUT2D eigenvalue weighted by Crippen LogP contribution is -2.03. The molecule has 0 spiro atoms. The summed E-state index contributed by atoms with van der Waals surface area (Å²) in [6, 6.07) is 0. The van der Waals surface area contributed by atoms with Gasteiger partial charge in [-0.15, -0.1) is 0 Å². The van der Waals surface area contributed by atoms with Gasteiger partial charge in [-0.1, -0.05) is 0 Å². The first-order valence-electron chi connectivity index (χ1n) is 4.14. The third-order valence-corrected chi connectivity index (χ3v) is 1.91. The summed E-state index contributed by atoms with van der Waals surface area (Å²) in [5.41, 5.74) is -0.236. The second-order valence-electron chi connectivity index (χ2n) is 2.69. The first kappa shape index (κ1) is 11.6. The molecule has 0 aliphatic rings. The van der Waals surface area contributed by atoms with Crippen molar-refractivity contribution in [3.05, 3.63) is 17.3 Å². The van der Waals surface area contributed by atoms with Gasteiger partial charge in [0.05, 0.1) is 32.0 Å². The van der Waals surface area contributed by atoms with Crippen molar-refractivity contribution >= 4 is 0 Å². The predicted octanol–water partition coefficient (Wildman–Crippen LogP) is 1.53. The standard InChI is InChI=1S/C9H11F2NO3/c1-14-7-5(8(10)11)3-12-9(15-2)6(7)4-13/h3,8,13H,4H2,1-2H3. The minimum Gasteiger partial charge on any atom is -0.496 e. The third kappa shape index (κ3) is 2.15. The summed E-state index contributed by atoms with van der Waals surface area (Å²) in [5.74, 6) is -0.00176. The second kappa shape index (κ2) is 4.88. The van der Waals surface area contributed by atoms with Crippen molar-refractivity contribution in [1.29, 1.82) is 0 Å². The van der Waals surface area contributed by atoms with Gasteiger partial charge in [-0.25, -0.2) is 13.8 Å². The van der Waals surface area contributed by atoms with E-state index in [0.29, 0.717) is 0 Å². The van der Waals surface area contributed by atoms with Crippen molar-refractivity contribution in [1.82, 2.24) is 4.98 Å². The first-order valence-corrected chi connectivity index (χ1v) is 4.14. The monoisotopic (exact) mass is 219 g/mol. The number of hydrogen-bond acceptors (Lipinski definition) is 4. The molecule has 0 fully saturated rings. The molecule has 0 radical (unpaired) electrons. The molecule has 0 aromatic carbocycles. The smallest absolute Gasteiger partial charge is 0.268 e. The number of halogens is 2. The van der Waals surface area contributed by atoms with Crippen LogP contribution in [0.15, 0.2) is 6.20 Å². The van der Waals surface area contributed by atoms with Crippen LogP contribution in [0.3, 0.4) is 0 Å². The summed E-state index contributed by atoms with van der Waals surface area (Å²) < 4.78 is 34.7. The Morgan fingerprint density at radius 2 is 2.07 bits per heavy atom. The molecule has 4 nitrogen and oxygen atoms in total. The lowest BCUT2D eigenvalue weighted by Gasteiger charge is -2.13. The fourth-order valence-corrected chi connectivity index (χ4v) is 1.25. The van der Waals surface area contributed by atoms with Crippen LogP contribution in [-0.2, 0) is 6.61 Å². The number of methoxy groups -OCH3 is 2. The number of rotatable bonds is 4. The molecule has 0 amide bonds. The van der Waals surface area contributed by atoms with E-state index in [-0.39, 0.29) is 22.8 Å². The van der Waals surface area contributed by atoms with Gasteiger partial charge in [-0.05, 0) is 0 Å². The Morgan fingerprint density at radius 1 is 1.40 bits per heavy atom. The normalized spacial score (nSPS) is 10.5. The van der Waals surface area contributed by atoms with Crippen LogP contribution in [-0.4, -0.2) is 24.3 Å². The van der Waals surface area contributed by atoms with Crippen LogP contribution in [0.5, 0.6) is 11.6 Å². The highest BCUT2D eigenvalue weighted by Gasteiger charge is 2.21. The van der Waals surface area contributed by atoms with Crippen LogP contribution >= 0.6 is 0 Å². The summed E-state index contributed by atoms with van der Waals surface area (Å²) in [4.78, 5) is 3.66. The van der Waals surface area contributed by atoms with Gasteiger partial charge < -0.3 is 14.6 Å². The van der Waals surface area contributed by atoms with E-state index >= 15 is 0 Å². The molecule has 0 bridgehead atoms. The van der Waals surface area contributed by atoms with Gasteiger partial charge >= 0.3 is 0 Å². The Balaban J connectivity index is 3.34. The molecule has 6 heteroatoms. The number of alkyl halides is 2. The van der Waals surface area contributed by atoms with E-state index in [1.807, 2.05) is 0 Å². The maximum absolute atomic E-state index is 12.5. The fraction of sp³-hybridized carbons (Fsp3) is 0.444. The number of nitrogens with zero attached hydrogens (tertiary/aromatic N) is 1. The fourth-order valence-electron chi connectivity index (χ4n) is 1.25. The minimum absolute atomic E-state index is 0.0822. The Labute approximate surface area is 85.5 Å². The average Bonchev–Trinajstić information content (AvgIpc) is 2.26. The average molecular weight is 219 g/mol. The SMILES string of the molecule is COc1ncc(C(F)F)c(OC)c1CO. The zero-order valence-corrected chi connectivity index (χ0v) is 8.33. The molecule has 1 rings (SSSR count). The molecule has 0 aliphatic heterocycles. The zero-order chi connectivity index (χ0) is 11.4. The molecule has 0 saturated heterocycles. The Morgan fingerprint density at radius 3 is 2.47 bits per heavy atom. The van der Waals surface area contributed by atoms with Gasteiger partial charge in [0.1, 0.15) is 5.75 Å². The second-order valence-corrected chi connectivity index (χ2v) is 2.69. The van der Waals surface area contributed by atoms with E-state index in [1.54, 1.807) is 0 Å². The van der Waals surface area contributed by atoms with Gasteiger partial charge in [0.25, 0.3) is 6.43 Å². The molecule has 1 aromatic rings. The maximum atomic E-state index is 12.5. The highest BCUT2D eigenvalue weighted by Crippen LogP contribution is 2.35. The van der Waals surface area contributed by atoms with Crippen LogP contribution in [0.4, 0.5) is 8.78 Å². The Kier molecular flexibility index (Phi) is 3.79. The lowest BCUT2D eigenvalue weighted by atomic mass is 10.1. The van der Waals surface area contributed by atoms with Crippen LogP contribution < -0.4 is 9.47 Å². The van der Waals surface area contributed by atoms with E-state index in [4.69, 9.17) is 14.6 Å². The van der Waals surface area contributed by atoms with Crippen LogP contribution in [0.2, 0.25) is 0 Å². The highest BCUT2D eigenvalue weighted by molar-refractivity contribution is 5.45. The van der Waals surface area contributed by atoms with E-state index < -0.39 is 13.0 Å². The van der Waals surface area contributed by atoms with E-state index in [2.05, 4.69) is 4.98 Å². The lowest BCUT2D eigenvalue weighted by molar-refractivity contribution is 0.145. The summed E-state index contributed by atoms with van der Waals surface area (Å²) in [6.45, 7) is -0.472. The molecule has 0 saturated carbocycles. The van der Waals surface area contributed by atoms with Crippen molar-refractivity contribution in [2.45, 2.75) is 13.0 Å². The zero-order valence-electron chi connectivity index (χ0n) is 8.33. The van der Waals surface area contributed by atoms with Crippen LogP contribution in [0.25, 0.3) is 0 Å². The summed E-state index contributed by atoms with van der Waals surface area (Å²) in [5, 5.41) is 9.02. The van der Waals surface area contributed by atoms with Gasteiger partial charge in [-0.3, -0.25) is 0 Å². The minimum atomic E-state index is -2.70. The Hall–Kier alpha value is -1.43. The van der Waals surface area contributed by atoms with Crippen LogP contribution in [0, 0.1) is 0 Å². The topological polar surface area (TPSA) is 51.6 Å². The number of aliphatic hydroxyl groups excluding tert-OH is 1. The van der Waals surface area contributed by atoms with E-state index in [1.165, 1.54) is 14.2 Å². The summed E-state index contributed by atoms with van der Waals surface area (Å²) in [7, 11) is 2.59. The largest absolute Gasteiger partial charge is 0.496 e. The molecule has 84 valence electrons. The molecule has 1 N–H and O–H groups in total. The summed E-state index contributed by atoms with van der Waals surface area (Å²) in [6.07, 6.45) is -1.73. The number of pyridine rings is 1. The molecule has 0 aliphatic carbocycles. The quantitative estimate of drug-likeness (QED) is 0.834. The third-order valence-electron chi connectivity index (χ3n) is 1.91. The van der Waals surface area contributed by atoms with Crippen LogP contribution in [0.1, 0.15) is 17.6 Å². The Bertz CT molecular complexity index is 344. The molecule has 1 aromatic heterocycles. The van der Waals surface area contributed by atoms with Gasteiger partial charge in [0, 0.05) is 6.20 Å². The number of ether oxygens (including phenoxy) is 2. The maximum Gasteiger partial charge on any atom is 0.268 e. The van der Waals surface area contributed by atoms with Gasteiger partial charge in [0.2, 0.25) is 5.88 Å². The van der Waals surface area contributed by atoms with Gasteiger partial charge in [-0.2, -0.15) is 0 Å². The molecular formula is C9H11F2NO3. The predicted molar refractivity (Wildman–Crippen MR) is 48.2 cm³/mol. The first-order chi connectivity index (χ1) is 7.15. The molecular weight excluding hydrogens is 208 g/mol. The van der Waals surface area contributed by atoms with Gasteiger partial charge in [0.15, 0.2) is 0 Å². The van der Waals surface area contributed by atoms with Crippen molar-refractivity contribution in [3.63, 3.8) is 0 Å². The summed E-state index contributed by atoms with van der Waals surface area (Å²) >= 11 is 0. The number of aliphatic hydroxyl groups is 1. The molecule has 0 atom stereocenters.